The van der Waals surface area contributed by atoms with Crippen molar-refractivity contribution in [1.82, 2.24) is 0 Å². The number of epoxide rings is 1. The molecular weight excluding hydrogens is 376 g/mol. The first-order valence-electron chi connectivity index (χ1n) is 9.09. The number of rotatable bonds is 8. The van der Waals surface area contributed by atoms with Crippen LogP contribution in [0, 0.1) is 0 Å². The predicted octanol–water partition coefficient (Wildman–Crippen LogP) is 0.291. The Balaban J connectivity index is 2.29. The molecule has 0 aliphatic carbocycles. The third-order valence-corrected chi connectivity index (χ3v) is 4.26. The molecule has 2 aliphatic heterocycles. The van der Waals surface area contributed by atoms with Crippen LogP contribution in [-0.4, -0.2) is 73.7 Å². The zero-order valence-electron chi connectivity index (χ0n) is 16.4. The summed E-state index contributed by atoms with van der Waals surface area (Å²) in [7, 11) is 0. The molecule has 0 bridgehead atoms. The van der Waals surface area contributed by atoms with Crippen molar-refractivity contribution in [2.75, 3.05) is 13.2 Å². The Morgan fingerprint density at radius 3 is 1.71 bits per heavy atom. The van der Waals surface area contributed by atoms with Crippen LogP contribution < -0.4 is 0 Å². The van der Waals surface area contributed by atoms with E-state index in [1.165, 1.54) is 27.7 Å². The van der Waals surface area contributed by atoms with E-state index in [1.54, 1.807) is 0 Å². The molecule has 6 atom stereocenters. The molecule has 2 saturated heterocycles. The van der Waals surface area contributed by atoms with Gasteiger partial charge in [0.25, 0.3) is 0 Å². The Bertz CT molecular complexity index is 599. The fourth-order valence-corrected chi connectivity index (χ4v) is 3.14. The van der Waals surface area contributed by atoms with Crippen LogP contribution in [0.2, 0.25) is 0 Å². The van der Waals surface area contributed by atoms with Crippen LogP contribution in [-0.2, 0) is 47.6 Å². The van der Waals surface area contributed by atoms with Gasteiger partial charge in [0.1, 0.15) is 12.7 Å². The fourth-order valence-electron chi connectivity index (χ4n) is 3.14. The average molecular weight is 402 g/mol. The van der Waals surface area contributed by atoms with Crippen molar-refractivity contribution in [3.63, 3.8) is 0 Å². The van der Waals surface area contributed by atoms with E-state index in [0.29, 0.717) is 19.4 Å². The first-order valence-corrected chi connectivity index (χ1v) is 9.09. The topological polar surface area (TPSA) is 127 Å². The molecule has 10 nitrogen and oxygen atoms in total. The van der Waals surface area contributed by atoms with Gasteiger partial charge in [0.05, 0.1) is 18.8 Å². The van der Waals surface area contributed by atoms with E-state index >= 15 is 0 Å². The summed E-state index contributed by atoms with van der Waals surface area (Å²) in [6, 6.07) is 0. The van der Waals surface area contributed by atoms with E-state index < -0.39 is 54.4 Å². The highest BCUT2D eigenvalue weighted by Gasteiger charge is 2.52. The number of hydrogen-bond acceptors (Lipinski definition) is 10. The fraction of sp³-hybridized carbons (Fsp3) is 0.778. The second-order valence-corrected chi connectivity index (χ2v) is 6.77. The van der Waals surface area contributed by atoms with Crippen molar-refractivity contribution in [2.45, 2.75) is 77.2 Å². The van der Waals surface area contributed by atoms with Crippen LogP contribution in [0.5, 0.6) is 0 Å². The molecule has 0 aromatic heterocycles. The summed E-state index contributed by atoms with van der Waals surface area (Å²) in [4.78, 5) is 46.2. The van der Waals surface area contributed by atoms with Crippen LogP contribution in [0.3, 0.4) is 0 Å². The molecule has 158 valence electrons. The molecule has 0 radical (unpaired) electrons. The van der Waals surface area contributed by atoms with Gasteiger partial charge in [-0.1, -0.05) is 0 Å². The molecule has 10 heteroatoms. The lowest BCUT2D eigenvalue weighted by atomic mass is 9.91. The van der Waals surface area contributed by atoms with Gasteiger partial charge in [-0.05, 0) is 12.8 Å². The lowest BCUT2D eigenvalue weighted by molar-refractivity contribution is -0.253. The summed E-state index contributed by atoms with van der Waals surface area (Å²) in [6.07, 6.45) is -3.57. The van der Waals surface area contributed by atoms with Crippen LogP contribution in [0.15, 0.2) is 0 Å². The molecular formula is C18H26O10. The second kappa shape index (κ2) is 9.83. The van der Waals surface area contributed by atoms with Gasteiger partial charge in [0, 0.05) is 27.7 Å². The van der Waals surface area contributed by atoms with Crippen LogP contribution in [0.25, 0.3) is 0 Å². The molecule has 2 fully saturated rings. The van der Waals surface area contributed by atoms with Crippen molar-refractivity contribution < 1.29 is 47.6 Å². The van der Waals surface area contributed by atoms with Crippen LogP contribution in [0.1, 0.15) is 40.5 Å². The highest BCUT2D eigenvalue weighted by atomic mass is 16.7. The first-order chi connectivity index (χ1) is 13.2. The number of ether oxygens (including phenoxy) is 6. The summed E-state index contributed by atoms with van der Waals surface area (Å²) >= 11 is 0. The van der Waals surface area contributed by atoms with E-state index in [-0.39, 0.29) is 12.7 Å². The lowest BCUT2D eigenvalue weighted by Crippen LogP contribution is -2.62. The van der Waals surface area contributed by atoms with Gasteiger partial charge in [-0.2, -0.15) is 0 Å². The number of carbonyl (C=O) groups excluding carboxylic acids is 4. The minimum absolute atomic E-state index is 0.104. The van der Waals surface area contributed by atoms with Crippen molar-refractivity contribution in [3.8, 4) is 0 Å². The lowest BCUT2D eigenvalue weighted by Gasteiger charge is -2.44. The molecule has 2 heterocycles. The van der Waals surface area contributed by atoms with Gasteiger partial charge in [-0.15, -0.1) is 0 Å². The van der Waals surface area contributed by atoms with Crippen molar-refractivity contribution in [2.24, 2.45) is 0 Å². The van der Waals surface area contributed by atoms with Crippen LogP contribution in [0.4, 0.5) is 0 Å². The molecule has 0 spiro atoms. The Kier molecular flexibility index (Phi) is 7.76. The highest BCUT2D eigenvalue weighted by Crippen LogP contribution is 2.32. The Morgan fingerprint density at radius 2 is 1.25 bits per heavy atom. The Hall–Kier alpha value is -2.20. The normalized spacial score (nSPS) is 31.4. The number of carbonyl (C=O) groups is 4. The van der Waals surface area contributed by atoms with E-state index in [0.717, 1.165) is 0 Å². The Labute approximate surface area is 162 Å². The third kappa shape index (κ3) is 6.75. The van der Waals surface area contributed by atoms with Gasteiger partial charge in [0.15, 0.2) is 18.3 Å². The quantitative estimate of drug-likeness (QED) is 0.317. The summed E-state index contributed by atoms with van der Waals surface area (Å²) < 4.78 is 32.2. The number of esters is 4. The maximum absolute atomic E-state index is 11.7. The van der Waals surface area contributed by atoms with E-state index in [2.05, 4.69) is 0 Å². The maximum atomic E-state index is 11.7. The van der Waals surface area contributed by atoms with Gasteiger partial charge < -0.3 is 28.4 Å². The SMILES string of the molecule is CC(=O)OC[C@H]1O[C@@H](CCC2CO2)[C@H](OC(C)=O)[C@@H](OC(C)=O)[C@@H]1OC(C)=O. The standard InChI is InChI=1S/C18H26O10/c1-9(19)23-8-15-17(26-11(3)21)18(27-12(4)22)16(25-10(2)20)14(28-15)6-5-13-7-24-13/h13-18H,5-8H2,1-4H3/t13?,14-,15+,16-,17+,18+/m0/s1. The molecule has 2 aliphatic rings. The molecule has 1 unspecified atom stereocenters. The van der Waals surface area contributed by atoms with E-state index in [4.69, 9.17) is 28.4 Å². The predicted molar refractivity (Wildman–Crippen MR) is 90.9 cm³/mol. The number of hydrogen-bond donors (Lipinski definition) is 0. The highest BCUT2D eigenvalue weighted by molar-refractivity contribution is 5.68. The second-order valence-electron chi connectivity index (χ2n) is 6.77. The molecule has 0 N–H and O–H groups in total. The zero-order chi connectivity index (χ0) is 20.8. The average Bonchev–Trinajstić information content (AvgIpc) is 3.38. The molecule has 0 saturated carbocycles. The molecule has 0 amide bonds. The van der Waals surface area contributed by atoms with Crippen molar-refractivity contribution in [1.29, 1.82) is 0 Å². The van der Waals surface area contributed by atoms with Crippen LogP contribution >= 0.6 is 0 Å². The first kappa shape index (κ1) is 22.1. The summed E-state index contributed by atoms with van der Waals surface area (Å²) in [6.45, 7) is 5.26. The molecule has 0 aromatic carbocycles. The van der Waals surface area contributed by atoms with Gasteiger partial charge >= 0.3 is 23.9 Å². The maximum Gasteiger partial charge on any atom is 0.303 e. The smallest absolute Gasteiger partial charge is 0.303 e. The summed E-state index contributed by atoms with van der Waals surface area (Å²) in [5.41, 5.74) is 0. The van der Waals surface area contributed by atoms with E-state index in [1.807, 2.05) is 0 Å². The zero-order valence-corrected chi connectivity index (χ0v) is 16.4. The van der Waals surface area contributed by atoms with Gasteiger partial charge in [-0.3, -0.25) is 19.2 Å². The van der Waals surface area contributed by atoms with E-state index in [9.17, 15) is 19.2 Å². The molecule has 28 heavy (non-hydrogen) atoms. The molecule has 2 rings (SSSR count). The van der Waals surface area contributed by atoms with Gasteiger partial charge in [0.2, 0.25) is 0 Å². The van der Waals surface area contributed by atoms with Crippen molar-refractivity contribution >= 4 is 23.9 Å². The minimum Gasteiger partial charge on any atom is -0.463 e. The van der Waals surface area contributed by atoms with Gasteiger partial charge in [-0.25, -0.2) is 0 Å². The monoisotopic (exact) mass is 402 g/mol. The summed E-state index contributed by atoms with van der Waals surface area (Å²) in [5.74, 6) is -2.43. The summed E-state index contributed by atoms with van der Waals surface area (Å²) in [5, 5.41) is 0. The molecule has 0 aromatic rings. The Morgan fingerprint density at radius 1 is 0.750 bits per heavy atom. The third-order valence-electron chi connectivity index (χ3n) is 4.26. The minimum atomic E-state index is -1.11. The largest absolute Gasteiger partial charge is 0.463 e. The van der Waals surface area contributed by atoms with Crippen molar-refractivity contribution in [3.05, 3.63) is 0 Å².